The Kier molecular flexibility index (Phi) is 3.14. The molecule has 82 valence electrons. The van der Waals surface area contributed by atoms with Crippen LogP contribution >= 0.6 is 0 Å². The number of nitrogens with two attached hydrogens (primary N) is 1. The van der Waals surface area contributed by atoms with Gasteiger partial charge in [-0.3, -0.25) is 0 Å². The molecule has 1 fully saturated rings. The molecule has 0 unspecified atom stereocenters. The van der Waals surface area contributed by atoms with Gasteiger partial charge in [0.25, 0.3) is 0 Å². The number of nitrogen functional groups attached to an aromatic ring is 1. The van der Waals surface area contributed by atoms with E-state index in [0.717, 1.165) is 17.0 Å². The van der Waals surface area contributed by atoms with Gasteiger partial charge in [0.15, 0.2) is 0 Å². The molecule has 15 heavy (non-hydrogen) atoms. The Morgan fingerprint density at radius 2 is 1.93 bits per heavy atom. The summed E-state index contributed by atoms with van der Waals surface area (Å²) >= 11 is 0. The molecular formula is C13H19NO. The maximum absolute atomic E-state index is 5.99. The molecule has 0 spiro atoms. The minimum atomic E-state index is 0.402. The minimum absolute atomic E-state index is 0.402. The summed E-state index contributed by atoms with van der Waals surface area (Å²) in [4.78, 5) is 0. The Bertz CT molecular complexity index is 329. The van der Waals surface area contributed by atoms with Crippen LogP contribution in [-0.2, 0) is 0 Å². The number of hydrogen-bond acceptors (Lipinski definition) is 2. The lowest BCUT2D eigenvalue weighted by atomic mass is 9.97. The van der Waals surface area contributed by atoms with Crippen LogP contribution in [0.4, 0.5) is 5.69 Å². The van der Waals surface area contributed by atoms with Gasteiger partial charge in [-0.1, -0.05) is 12.5 Å². The fraction of sp³-hybridized carbons (Fsp3) is 0.538. The molecule has 0 radical (unpaired) electrons. The average molecular weight is 205 g/mol. The Morgan fingerprint density at radius 1 is 1.20 bits per heavy atom. The van der Waals surface area contributed by atoms with E-state index in [4.69, 9.17) is 10.5 Å². The minimum Gasteiger partial charge on any atom is -0.490 e. The number of rotatable bonds is 2. The smallest absolute Gasteiger partial charge is 0.124 e. The second-order valence-corrected chi connectivity index (χ2v) is 4.35. The van der Waals surface area contributed by atoms with Crippen LogP contribution in [0.5, 0.6) is 5.75 Å². The maximum Gasteiger partial charge on any atom is 0.124 e. The molecule has 0 atom stereocenters. The predicted molar refractivity (Wildman–Crippen MR) is 63.1 cm³/mol. The van der Waals surface area contributed by atoms with Crippen molar-refractivity contribution in [2.24, 2.45) is 0 Å². The molecule has 0 amide bonds. The number of benzene rings is 1. The summed E-state index contributed by atoms with van der Waals surface area (Å²) in [5, 5.41) is 0. The highest BCUT2D eigenvalue weighted by atomic mass is 16.5. The van der Waals surface area contributed by atoms with Crippen LogP contribution in [0.2, 0.25) is 0 Å². The third-order valence-electron chi connectivity index (χ3n) is 3.17. The lowest BCUT2D eigenvalue weighted by molar-refractivity contribution is 0.154. The van der Waals surface area contributed by atoms with Crippen molar-refractivity contribution in [1.29, 1.82) is 0 Å². The summed E-state index contributed by atoms with van der Waals surface area (Å²) in [5.41, 5.74) is 7.74. The van der Waals surface area contributed by atoms with Gasteiger partial charge in [-0.05, 0) is 44.7 Å². The highest BCUT2D eigenvalue weighted by molar-refractivity contribution is 5.53. The quantitative estimate of drug-likeness (QED) is 0.752. The van der Waals surface area contributed by atoms with Gasteiger partial charge in [0, 0.05) is 11.3 Å². The van der Waals surface area contributed by atoms with E-state index in [1.54, 1.807) is 0 Å². The Hall–Kier alpha value is -1.18. The molecular weight excluding hydrogens is 186 g/mol. The van der Waals surface area contributed by atoms with Crippen molar-refractivity contribution in [2.45, 2.75) is 45.1 Å². The van der Waals surface area contributed by atoms with E-state index in [2.05, 4.69) is 0 Å². The standard InChI is InChI=1S/C13H19NO/c1-10-12(14)8-5-9-13(10)15-11-6-3-2-4-7-11/h5,8-9,11H,2-4,6-7,14H2,1H3. The van der Waals surface area contributed by atoms with Gasteiger partial charge >= 0.3 is 0 Å². The SMILES string of the molecule is Cc1c(N)cccc1OC1CCCCC1. The van der Waals surface area contributed by atoms with Crippen LogP contribution < -0.4 is 10.5 Å². The Labute approximate surface area is 91.4 Å². The summed E-state index contributed by atoms with van der Waals surface area (Å²) < 4.78 is 5.99. The van der Waals surface area contributed by atoms with Crippen molar-refractivity contribution in [1.82, 2.24) is 0 Å². The van der Waals surface area contributed by atoms with Gasteiger partial charge < -0.3 is 10.5 Å². The maximum atomic E-state index is 5.99. The van der Waals surface area contributed by atoms with Crippen LogP contribution in [0.1, 0.15) is 37.7 Å². The van der Waals surface area contributed by atoms with Gasteiger partial charge in [0.1, 0.15) is 5.75 Å². The van der Waals surface area contributed by atoms with Crippen LogP contribution in [0, 0.1) is 6.92 Å². The van der Waals surface area contributed by atoms with Crippen LogP contribution in [-0.4, -0.2) is 6.10 Å². The molecule has 1 aliphatic carbocycles. The number of anilines is 1. The van der Waals surface area contributed by atoms with Crippen LogP contribution in [0.15, 0.2) is 18.2 Å². The molecule has 1 aromatic rings. The molecule has 1 saturated carbocycles. The zero-order valence-corrected chi connectivity index (χ0v) is 9.33. The monoisotopic (exact) mass is 205 g/mol. The largest absolute Gasteiger partial charge is 0.490 e. The van der Waals surface area contributed by atoms with Crippen molar-refractivity contribution in [3.8, 4) is 5.75 Å². The number of hydrogen-bond donors (Lipinski definition) is 1. The van der Waals surface area contributed by atoms with Crippen LogP contribution in [0.25, 0.3) is 0 Å². The second-order valence-electron chi connectivity index (χ2n) is 4.35. The molecule has 1 aromatic carbocycles. The molecule has 2 rings (SSSR count). The first-order valence-corrected chi connectivity index (χ1v) is 5.79. The molecule has 2 heteroatoms. The summed E-state index contributed by atoms with van der Waals surface area (Å²) in [6.07, 6.45) is 6.73. The van der Waals surface area contributed by atoms with Gasteiger partial charge in [-0.2, -0.15) is 0 Å². The summed E-state index contributed by atoms with van der Waals surface area (Å²) in [6.45, 7) is 2.02. The third-order valence-corrected chi connectivity index (χ3v) is 3.17. The topological polar surface area (TPSA) is 35.2 Å². The number of ether oxygens (including phenoxy) is 1. The van der Waals surface area contributed by atoms with E-state index in [1.807, 2.05) is 25.1 Å². The third kappa shape index (κ3) is 2.44. The summed E-state index contributed by atoms with van der Waals surface area (Å²) in [6, 6.07) is 5.89. The highest BCUT2D eigenvalue weighted by Crippen LogP contribution is 2.28. The molecule has 1 aliphatic rings. The first kappa shape index (κ1) is 10.3. The van der Waals surface area contributed by atoms with Crippen molar-refractivity contribution >= 4 is 5.69 Å². The molecule has 0 bridgehead atoms. The lowest BCUT2D eigenvalue weighted by Crippen LogP contribution is -2.20. The van der Waals surface area contributed by atoms with E-state index in [1.165, 1.54) is 32.1 Å². The molecule has 0 heterocycles. The molecule has 2 N–H and O–H groups in total. The highest BCUT2D eigenvalue weighted by Gasteiger charge is 2.15. The van der Waals surface area contributed by atoms with E-state index in [0.29, 0.717) is 6.10 Å². The molecule has 0 aromatic heterocycles. The normalized spacial score (nSPS) is 17.7. The van der Waals surface area contributed by atoms with Gasteiger partial charge in [0.2, 0.25) is 0 Å². The van der Waals surface area contributed by atoms with Crippen molar-refractivity contribution in [2.75, 3.05) is 5.73 Å². The molecule has 0 saturated heterocycles. The molecule has 0 aliphatic heterocycles. The van der Waals surface area contributed by atoms with E-state index >= 15 is 0 Å². The zero-order valence-electron chi connectivity index (χ0n) is 9.33. The second kappa shape index (κ2) is 4.56. The van der Waals surface area contributed by atoms with Gasteiger partial charge in [-0.15, -0.1) is 0 Å². The predicted octanol–water partition coefficient (Wildman–Crippen LogP) is 3.29. The molecule has 2 nitrogen and oxygen atoms in total. The van der Waals surface area contributed by atoms with Gasteiger partial charge in [0.05, 0.1) is 6.10 Å². The fourth-order valence-electron chi connectivity index (χ4n) is 2.12. The summed E-state index contributed by atoms with van der Waals surface area (Å²) in [7, 11) is 0. The zero-order chi connectivity index (χ0) is 10.7. The van der Waals surface area contributed by atoms with Crippen molar-refractivity contribution < 1.29 is 4.74 Å². The lowest BCUT2D eigenvalue weighted by Gasteiger charge is -2.24. The fourth-order valence-corrected chi connectivity index (χ4v) is 2.12. The average Bonchev–Trinajstić information content (AvgIpc) is 2.26. The van der Waals surface area contributed by atoms with Crippen molar-refractivity contribution in [3.05, 3.63) is 23.8 Å². The van der Waals surface area contributed by atoms with E-state index < -0.39 is 0 Å². The van der Waals surface area contributed by atoms with Gasteiger partial charge in [-0.25, -0.2) is 0 Å². The van der Waals surface area contributed by atoms with Crippen LogP contribution in [0.3, 0.4) is 0 Å². The van der Waals surface area contributed by atoms with E-state index in [9.17, 15) is 0 Å². The first-order valence-electron chi connectivity index (χ1n) is 5.79. The first-order chi connectivity index (χ1) is 7.27. The Balaban J connectivity index is 2.06. The summed E-state index contributed by atoms with van der Waals surface area (Å²) in [5.74, 6) is 0.960. The van der Waals surface area contributed by atoms with Crippen molar-refractivity contribution in [3.63, 3.8) is 0 Å². The Morgan fingerprint density at radius 3 is 2.67 bits per heavy atom. The van der Waals surface area contributed by atoms with E-state index in [-0.39, 0.29) is 0 Å².